The maximum Gasteiger partial charge on any atom is 0.291 e. The van der Waals surface area contributed by atoms with Gasteiger partial charge in [0.25, 0.3) is 11.8 Å². The number of amides is 2. The van der Waals surface area contributed by atoms with Crippen LogP contribution in [0.3, 0.4) is 0 Å². The molecule has 0 saturated carbocycles. The van der Waals surface area contributed by atoms with E-state index in [0.29, 0.717) is 23.3 Å². The number of ether oxygens (including phenoxy) is 1. The highest BCUT2D eigenvalue weighted by Gasteiger charge is 2.17. The van der Waals surface area contributed by atoms with Crippen LogP contribution in [-0.4, -0.2) is 36.4 Å². The Morgan fingerprint density at radius 3 is 2.19 bits per heavy atom. The summed E-state index contributed by atoms with van der Waals surface area (Å²) in [7, 11) is 0. The lowest BCUT2D eigenvalue weighted by Crippen LogP contribution is -2.39. The first-order valence-corrected chi connectivity index (χ1v) is 9.20. The third-order valence-electron chi connectivity index (χ3n) is 3.74. The van der Waals surface area contributed by atoms with Crippen molar-refractivity contribution in [3.05, 3.63) is 48.4 Å². The molecule has 2 aromatic rings. The van der Waals surface area contributed by atoms with Crippen molar-refractivity contribution < 1.29 is 18.7 Å². The summed E-state index contributed by atoms with van der Waals surface area (Å²) in [4.78, 5) is 26.3. The van der Waals surface area contributed by atoms with E-state index >= 15 is 0 Å². The summed E-state index contributed by atoms with van der Waals surface area (Å²) in [6.45, 7) is 9.82. The van der Waals surface area contributed by atoms with Crippen LogP contribution < -0.4 is 10.1 Å². The standard InChI is InChI=1S/C21H28N2O4/c1-15(2)12-23(13-16(3)4)20(24)14-27-18-9-7-17(8-10-18)22-21(25)19-6-5-11-26-19/h5-11,15-16H,12-14H2,1-4H3,(H,22,25). The second kappa shape index (κ2) is 9.80. The normalized spacial score (nSPS) is 10.9. The van der Waals surface area contributed by atoms with Crippen molar-refractivity contribution in [3.8, 4) is 5.75 Å². The fraction of sp³-hybridized carbons (Fsp3) is 0.429. The van der Waals surface area contributed by atoms with E-state index in [4.69, 9.17) is 9.15 Å². The third-order valence-corrected chi connectivity index (χ3v) is 3.74. The number of nitrogens with one attached hydrogen (secondary N) is 1. The molecule has 0 spiro atoms. The summed E-state index contributed by atoms with van der Waals surface area (Å²) >= 11 is 0. The lowest BCUT2D eigenvalue weighted by molar-refractivity contribution is -0.134. The number of benzene rings is 1. The SMILES string of the molecule is CC(C)CN(CC(C)C)C(=O)COc1ccc(NC(=O)c2ccco2)cc1. The van der Waals surface area contributed by atoms with E-state index in [1.54, 1.807) is 36.4 Å². The first-order chi connectivity index (χ1) is 12.8. The Morgan fingerprint density at radius 1 is 1.04 bits per heavy atom. The fourth-order valence-corrected chi connectivity index (χ4v) is 2.63. The van der Waals surface area contributed by atoms with E-state index in [2.05, 4.69) is 33.0 Å². The zero-order valence-electron chi connectivity index (χ0n) is 16.4. The van der Waals surface area contributed by atoms with Gasteiger partial charge in [-0.05, 0) is 48.2 Å². The number of carbonyl (C=O) groups is 2. The highest BCUT2D eigenvalue weighted by Crippen LogP contribution is 2.17. The summed E-state index contributed by atoms with van der Waals surface area (Å²) in [6.07, 6.45) is 1.45. The lowest BCUT2D eigenvalue weighted by atomic mass is 10.1. The highest BCUT2D eigenvalue weighted by atomic mass is 16.5. The van der Waals surface area contributed by atoms with E-state index in [1.165, 1.54) is 6.26 Å². The Hall–Kier alpha value is -2.76. The summed E-state index contributed by atoms with van der Waals surface area (Å²) in [5.41, 5.74) is 0.622. The van der Waals surface area contributed by atoms with Crippen molar-refractivity contribution in [1.29, 1.82) is 0 Å². The number of rotatable bonds is 9. The predicted molar refractivity (Wildman–Crippen MR) is 105 cm³/mol. The number of carbonyl (C=O) groups excluding carboxylic acids is 2. The van der Waals surface area contributed by atoms with Crippen molar-refractivity contribution >= 4 is 17.5 Å². The third kappa shape index (κ3) is 6.81. The van der Waals surface area contributed by atoms with Crippen LogP contribution in [-0.2, 0) is 4.79 Å². The topological polar surface area (TPSA) is 71.8 Å². The Labute approximate surface area is 160 Å². The number of anilines is 1. The number of nitrogens with zero attached hydrogens (tertiary/aromatic N) is 1. The van der Waals surface area contributed by atoms with Crippen LogP contribution in [0.1, 0.15) is 38.2 Å². The molecule has 1 aromatic heterocycles. The van der Waals surface area contributed by atoms with E-state index < -0.39 is 0 Å². The van der Waals surface area contributed by atoms with Crippen LogP contribution in [0.15, 0.2) is 47.1 Å². The molecule has 2 amide bonds. The second-order valence-corrected chi connectivity index (χ2v) is 7.33. The average molecular weight is 372 g/mol. The fourth-order valence-electron chi connectivity index (χ4n) is 2.63. The van der Waals surface area contributed by atoms with Crippen LogP contribution >= 0.6 is 0 Å². The maximum atomic E-state index is 12.5. The molecule has 0 aliphatic carbocycles. The van der Waals surface area contributed by atoms with Crippen LogP contribution in [0.2, 0.25) is 0 Å². The van der Waals surface area contributed by atoms with E-state index in [1.807, 2.05) is 4.90 Å². The van der Waals surface area contributed by atoms with Gasteiger partial charge >= 0.3 is 0 Å². The van der Waals surface area contributed by atoms with Gasteiger partial charge in [-0.1, -0.05) is 27.7 Å². The lowest BCUT2D eigenvalue weighted by Gasteiger charge is -2.26. The van der Waals surface area contributed by atoms with E-state index in [-0.39, 0.29) is 24.2 Å². The average Bonchev–Trinajstić information content (AvgIpc) is 3.14. The minimum atomic E-state index is -0.318. The molecule has 1 heterocycles. The van der Waals surface area contributed by atoms with Gasteiger partial charge in [0.15, 0.2) is 12.4 Å². The molecular weight excluding hydrogens is 344 g/mol. The predicted octanol–water partition coefficient (Wildman–Crippen LogP) is 4.05. The van der Waals surface area contributed by atoms with Crippen molar-refractivity contribution in [3.63, 3.8) is 0 Å². The monoisotopic (exact) mass is 372 g/mol. The van der Waals surface area contributed by atoms with Gasteiger partial charge in [0, 0.05) is 18.8 Å². The van der Waals surface area contributed by atoms with Gasteiger partial charge in [0.1, 0.15) is 5.75 Å². The Bertz CT molecular complexity index is 711. The maximum absolute atomic E-state index is 12.5. The molecule has 6 nitrogen and oxygen atoms in total. The summed E-state index contributed by atoms with van der Waals surface area (Å²) < 4.78 is 10.7. The molecule has 0 unspecified atom stereocenters. The molecule has 0 aliphatic rings. The molecule has 0 atom stereocenters. The Balaban J connectivity index is 1.88. The van der Waals surface area contributed by atoms with Crippen LogP contribution in [0.5, 0.6) is 5.75 Å². The molecule has 6 heteroatoms. The first kappa shape index (κ1) is 20.6. The van der Waals surface area contributed by atoms with Gasteiger partial charge in [-0.15, -0.1) is 0 Å². The van der Waals surface area contributed by atoms with Crippen LogP contribution in [0.4, 0.5) is 5.69 Å². The Morgan fingerprint density at radius 2 is 1.67 bits per heavy atom. The Kier molecular flexibility index (Phi) is 7.46. The van der Waals surface area contributed by atoms with Gasteiger partial charge in [-0.3, -0.25) is 9.59 Å². The summed E-state index contributed by atoms with van der Waals surface area (Å²) in [5, 5.41) is 2.73. The van der Waals surface area contributed by atoms with E-state index in [9.17, 15) is 9.59 Å². The number of hydrogen-bond acceptors (Lipinski definition) is 4. The molecule has 1 aromatic carbocycles. The van der Waals surface area contributed by atoms with Crippen molar-refractivity contribution in [1.82, 2.24) is 4.90 Å². The highest BCUT2D eigenvalue weighted by molar-refractivity contribution is 6.02. The quantitative estimate of drug-likeness (QED) is 0.721. The smallest absolute Gasteiger partial charge is 0.291 e. The summed E-state index contributed by atoms with van der Waals surface area (Å²) in [5.74, 6) is 1.30. The van der Waals surface area contributed by atoms with Crippen molar-refractivity contribution in [2.75, 3.05) is 25.0 Å². The molecular formula is C21H28N2O4. The van der Waals surface area contributed by atoms with Gasteiger partial charge in [-0.25, -0.2) is 0 Å². The van der Waals surface area contributed by atoms with Gasteiger partial charge in [0.05, 0.1) is 6.26 Å². The second-order valence-electron chi connectivity index (χ2n) is 7.33. The van der Waals surface area contributed by atoms with Crippen molar-refractivity contribution in [2.24, 2.45) is 11.8 Å². The molecule has 0 fully saturated rings. The molecule has 0 bridgehead atoms. The molecule has 0 aliphatic heterocycles. The van der Waals surface area contributed by atoms with Gasteiger partial charge in [0.2, 0.25) is 0 Å². The minimum absolute atomic E-state index is 0.00244. The molecule has 146 valence electrons. The zero-order valence-corrected chi connectivity index (χ0v) is 16.4. The first-order valence-electron chi connectivity index (χ1n) is 9.20. The molecule has 1 N–H and O–H groups in total. The molecule has 2 rings (SSSR count). The van der Waals surface area contributed by atoms with Gasteiger partial charge in [-0.2, -0.15) is 0 Å². The molecule has 27 heavy (non-hydrogen) atoms. The van der Waals surface area contributed by atoms with Crippen molar-refractivity contribution in [2.45, 2.75) is 27.7 Å². The molecule has 0 radical (unpaired) electrons. The number of hydrogen-bond donors (Lipinski definition) is 1. The van der Waals surface area contributed by atoms with Gasteiger partial charge < -0.3 is 19.4 Å². The van der Waals surface area contributed by atoms with E-state index in [0.717, 1.165) is 13.1 Å². The van der Waals surface area contributed by atoms with Crippen LogP contribution in [0.25, 0.3) is 0 Å². The minimum Gasteiger partial charge on any atom is -0.484 e. The zero-order chi connectivity index (χ0) is 19.8. The number of furan rings is 1. The molecule has 0 saturated heterocycles. The van der Waals surface area contributed by atoms with Crippen LogP contribution in [0, 0.1) is 11.8 Å². The largest absolute Gasteiger partial charge is 0.484 e. The summed E-state index contributed by atoms with van der Waals surface area (Å²) in [6, 6.07) is 10.1.